The van der Waals surface area contributed by atoms with Gasteiger partial charge in [0.25, 0.3) is 0 Å². The van der Waals surface area contributed by atoms with Gasteiger partial charge in [0, 0.05) is 0 Å². The molecule has 1 aliphatic carbocycles. The highest BCUT2D eigenvalue weighted by molar-refractivity contribution is 6.08. The highest BCUT2D eigenvalue weighted by atomic mass is 16.4. The number of imide groups is 1. The number of amides is 2. The van der Waals surface area contributed by atoms with Crippen LogP contribution in [0.1, 0.15) is 32.3 Å². The molecule has 0 radical (unpaired) electrons. The minimum absolute atomic E-state index is 0.0749. The molecule has 126 valence electrons. The van der Waals surface area contributed by atoms with Gasteiger partial charge in [-0.15, -0.1) is 0 Å². The van der Waals surface area contributed by atoms with Crippen molar-refractivity contribution in [2.24, 2.45) is 11.8 Å². The number of hydrogen-bond acceptors (Lipinski definition) is 4. The number of benzene rings is 1. The molecule has 3 atom stereocenters. The van der Waals surface area contributed by atoms with Gasteiger partial charge in [0.05, 0.1) is 23.8 Å². The lowest BCUT2D eigenvalue weighted by molar-refractivity contribution is -0.310. The van der Waals surface area contributed by atoms with E-state index in [1.54, 1.807) is 24.3 Å². The molecule has 0 aromatic heterocycles. The van der Waals surface area contributed by atoms with Crippen LogP contribution in [0.15, 0.2) is 41.5 Å². The fourth-order valence-corrected chi connectivity index (χ4v) is 3.70. The molecule has 1 aromatic carbocycles. The van der Waals surface area contributed by atoms with Crippen molar-refractivity contribution >= 4 is 17.8 Å². The zero-order chi connectivity index (χ0) is 17.4. The van der Waals surface area contributed by atoms with Crippen LogP contribution >= 0.6 is 0 Å². The van der Waals surface area contributed by atoms with Crippen LogP contribution in [0, 0.1) is 11.8 Å². The van der Waals surface area contributed by atoms with Gasteiger partial charge >= 0.3 is 0 Å². The number of carboxylic acid groups (broad SMARTS) is 1. The molecule has 2 aliphatic rings. The molecule has 1 aromatic rings. The number of aliphatic carboxylic acids is 1. The highest BCUT2D eigenvalue weighted by Gasteiger charge is 2.51. The van der Waals surface area contributed by atoms with E-state index in [2.05, 4.69) is 0 Å². The first-order valence-electron chi connectivity index (χ1n) is 8.17. The number of nitrogens with zero attached hydrogens (tertiary/aromatic N) is 1. The molecule has 1 heterocycles. The monoisotopic (exact) mass is 326 g/mol. The number of hydrogen-bond donors (Lipinski definition) is 0. The van der Waals surface area contributed by atoms with E-state index < -0.39 is 23.8 Å². The molecule has 0 N–H and O–H groups in total. The van der Waals surface area contributed by atoms with E-state index in [1.807, 2.05) is 19.9 Å². The zero-order valence-electron chi connectivity index (χ0n) is 13.8. The van der Waals surface area contributed by atoms with E-state index in [0.29, 0.717) is 12.8 Å². The Morgan fingerprint density at radius 2 is 1.58 bits per heavy atom. The Bertz CT molecular complexity index is 690. The standard InChI is InChI=1S/C19H21NO4/c1-11-8-14-15(9-12(11)2)18(22)20(17(14)21)16(19(23)24)10-13-6-4-3-5-7-13/h3-7,14-16H,8-10H2,1-2H3,(H,23,24)/p-1/t14-,15-,16-/m0/s1. The van der Waals surface area contributed by atoms with Gasteiger partial charge in [-0.05, 0) is 38.7 Å². The van der Waals surface area contributed by atoms with Crippen molar-refractivity contribution in [3.05, 3.63) is 47.0 Å². The lowest BCUT2D eigenvalue weighted by Gasteiger charge is -2.27. The minimum atomic E-state index is -1.39. The third-order valence-electron chi connectivity index (χ3n) is 5.23. The molecule has 5 heteroatoms. The van der Waals surface area contributed by atoms with Gasteiger partial charge in [-0.25, -0.2) is 0 Å². The molecule has 3 rings (SSSR count). The summed E-state index contributed by atoms with van der Waals surface area (Å²) < 4.78 is 0. The fraction of sp³-hybridized carbons (Fsp3) is 0.421. The van der Waals surface area contributed by atoms with E-state index >= 15 is 0 Å². The normalized spacial score (nSPS) is 25.0. The van der Waals surface area contributed by atoms with Crippen LogP contribution in [0.4, 0.5) is 0 Å². The second kappa shape index (κ2) is 6.23. The van der Waals surface area contributed by atoms with Gasteiger partial charge in [0.15, 0.2) is 0 Å². The SMILES string of the molecule is CC1=C(C)C[C@@H]2C(=O)N([C@@H](Cc3ccccc3)C(=O)[O-])C(=O)[C@H]2C1. The summed E-state index contributed by atoms with van der Waals surface area (Å²) >= 11 is 0. The average Bonchev–Trinajstić information content (AvgIpc) is 2.78. The van der Waals surface area contributed by atoms with Crippen LogP contribution in [0.2, 0.25) is 0 Å². The summed E-state index contributed by atoms with van der Waals surface area (Å²) in [6, 6.07) is 7.74. The number of allylic oxidation sites excluding steroid dienone is 2. The summed E-state index contributed by atoms with van der Waals surface area (Å²) in [5.41, 5.74) is 2.99. The first kappa shape index (κ1) is 16.4. The quantitative estimate of drug-likeness (QED) is 0.613. The van der Waals surface area contributed by atoms with Gasteiger partial charge in [-0.2, -0.15) is 0 Å². The molecule has 0 bridgehead atoms. The maximum absolute atomic E-state index is 12.7. The number of likely N-dealkylation sites (tertiary alicyclic amines) is 1. The lowest BCUT2D eigenvalue weighted by Crippen LogP contribution is -2.52. The summed E-state index contributed by atoms with van der Waals surface area (Å²) in [5.74, 6) is -3.00. The zero-order valence-corrected chi connectivity index (χ0v) is 13.8. The maximum Gasteiger partial charge on any atom is 0.234 e. The Morgan fingerprint density at radius 3 is 2.04 bits per heavy atom. The van der Waals surface area contributed by atoms with Crippen molar-refractivity contribution in [1.29, 1.82) is 0 Å². The van der Waals surface area contributed by atoms with E-state index in [4.69, 9.17) is 0 Å². The molecule has 1 fully saturated rings. The molecule has 0 spiro atoms. The summed E-state index contributed by atoms with van der Waals surface area (Å²) in [6.07, 6.45) is 1.14. The van der Waals surface area contributed by atoms with Crippen molar-refractivity contribution in [3.63, 3.8) is 0 Å². The number of carbonyl (C=O) groups is 3. The Kier molecular flexibility index (Phi) is 4.26. The molecule has 1 aliphatic heterocycles. The topological polar surface area (TPSA) is 77.5 Å². The van der Waals surface area contributed by atoms with Gasteiger partial charge in [-0.1, -0.05) is 41.5 Å². The van der Waals surface area contributed by atoms with Crippen LogP contribution in [-0.2, 0) is 20.8 Å². The fourth-order valence-electron chi connectivity index (χ4n) is 3.70. The minimum Gasteiger partial charge on any atom is -0.548 e. The third kappa shape index (κ3) is 2.75. The van der Waals surface area contributed by atoms with Crippen LogP contribution in [-0.4, -0.2) is 28.7 Å². The van der Waals surface area contributed by atoms with Crippen LogP contribution in [0.3, 0.4) is 0 Å². The first-order chi connectivity index (χ1) is 11.4. The van der Waals surface area contributed by atoms with Crippen molar-refractivity contribution in [3.8, 4) is 0 Å². The Balaban J connectivity index is 1.88. The van der Waals surface area contributed by atoms with E-state index in [9.17, 15) is 19.5 Å². The summed E-state index contributed by atoms with van der Waals surface area (Å²) in [6.45, 7) is 3.93. The summed E-state index contributed by atoms with van der Waals surface area (Å²) in [4.78, 5) is 38.1. The maximum atomic E-state index is 12.7. The average molecular weight is 326 g/mol. The summed E-state index contributed by atoms with van der Waals surface area (Å²) in [5, 5.41) is 11.6. The lowest BCUT2D eigenvalue weighted by atomic mass is 9.78. The van der Waals surface area contributed by atoms with Crippen LogP contribution in [0.5, 0.6) is 0 Å². The Labute approximate surface area is 141 Å². The predicted octanol–water partition coefficient (Wildman–Crippen LogP) is 1.08. The molecule has 2 amide bonds. The number of carboxylic acids is 1. The second-order valence-electron chi connectivity index (χ2n) is 6.75. The van der Waals surface area contributed by atoms with Crippen molar-refractivity contribution in [2.45, 2.75) is 39.2 Å². The number of rotatable bonds is 4. The molecular formula is C19H20NO4-. The molecule has 0 saturated carbocycles. The highest BCUT2D eigenvalue weighted by Crippen LogP contribution is 2.41. The van der Waals surface area contributed by atoms with Gasteiger partial charge in [-0.3, -0.25) is 14.5 Å². The van der Waals surface area contributed by atoms with Crippen LogP contribution < -0.4 is 5.11 Å². The summed E-state index contributed by atoms with van der Waals surface area (Å²) in [7, 11) is 0. The molecule has 0 unspecified atom stereocenters. The first-order valence-corrected chi connectivity index (χ1v) is 8.17. The van der Waals surface area contributed by atoms with E-state index in [1.165, 1.54) is 0 Å². The largest absolute Gasteiger partial charge is 0.548 e. The Morgan fingerprint density at radius 1 is 1.08 bits per heavy atom. The van der Waals surface area contributed by atoms with Crippen molar-refractivity contribution < 1.29 is 19.5 Å². The smallest absolute Gasteiger partial charge is 0.234 e. The van der Waals surface area contributed by atoms with Gasteiger partial charge < -0.3 is 9.90 Å². The predicted molar refractivity (Wildman–Crippen MR) is 85.4 cm³/mol. The second-order valence-corrected chi connectivity index (χ2v) is 6.75. The third-order valence-corrected chi connectivity index (χ3v) is 5.23. The van der Waals surface area contributed by atoms with E-state index in [-0.39, 0.29) is 18.2 Å². The van der Waals surface area contributed by atoms with Crippen LogP contribution in [0.25, 0.3) is 0 Å². The van der Waals surface area contributed by atoms with E-state index in [0.717, 1.165) is 21.6 Å². The molecule has 24 heavy (non-hydrogen) atoms. The molecule has 1 saturated heterocycles. The van der Waals surface area contributed by atoms with Crippen molar-refractivity contribution in [2.75, 3.05) is 0 Å². The number of fused-ring (bicyclic) bond motifs is 1. The van der Waals surface area contributed by atoms with Gasteiger partial charge in [0.2, 0.25) is 11.8 Å². The molecule has 5 nitrogen and oxygen atoms in total. The Hall–Kier alpha value is -2.43. The van der Waals surface area contributed by atoms with Crippen molar-refractivity contribution in [1.82, 2.24) is 4.90 Å². The number of carbonyl (C=O) groups excluding carboxylic acids is 3. The molecular weight excluding hydrogens is 306 g/mol. The van der Waals surface area contributed by atoms with Gasteiger partial charge in [0.1, 0.15) is 0 Å².